The lowest BCUT2D eigenvalue weighted by atomic mass is 10.1. The predicted octanol–water partition coefficient (Wildman–Crippen LogP) is 3.01. The van der Waals surface area contributed by atoms with E-state index in [1.165, 1.54) is 12.8 Å². The van der Waals surface area contributed by atoms with Crippen molar-refractivity contribution in [3.8, 4) is 0 Å². The first-order valence-corrected chi connectivity index (χ1v) is 6.07. The van der Waals surface area contributed by atoms with Gasteiger partial charge in [0, 0.05) is 12.6 Å². The van der Waals surface area contributed by atoms with Gasteiger partial charge in [-0.05, 0) is 38.1 Å². The molecule has 0 aliphatic rings. The topological polar surface area (TPSA) is 40.5 Å². The summed E-state index contributed by atoms with van der Waals surface area (Å²) in [7, 11) is 2.10. The number of nitrogens with zero attached hydrogens (tertiary/aromatic N) is 1. The molecule has 3 heteroatoms. The zero-order valence-corrected chi connectivity index (χ0v) is 10.8. The average Bonchev–Trinajstić information content (AvgIpc) is 2.30. The molecule has 94 valence electrons. The van der Waals surface area contributed by atoms with E-state index < -0.39 is 5.97 Å². The van der Waals surface area contributed by atoms with E-state index >= 15 is 0 Å². The second-order valence-electron chi connectivity index (χ2n) is 4.55. The van der Waals surface area contributed by atoms with Crippen LogP contribution in [0.15, 0.2) is 24.3 Å². The van der Waals surface area contributed by atoms with Crippen LogP contribution in [-0.4, -0.2) is 29.1 Å². The molecule has 0 aromatic heterocycles. The second-order valence-corrected chi connectivity index (χ2v) is 4.55. The van der Waals surface area contributed by atoms with Crippen LogP contribution < -0.4 is 0 Å². The van der Waals surface area contributed by atoms with Crippen LogP contribution in [0.2, 0.25) is 0 Å². The summed E-state index contributed by atoms with van der Waals surface area (Å²) in [4.78, 5) is 13.0. The molecular weight excluding hydrogens is 214 g/mol. The number of hydrogen-bond donors (Lipinski definition) is 1. The summed E-state index contributed by atoms with van der Waals surface area (Å²) in [6.07, 6.45) is 2.37. The second kappa shape index (κ2) is 6.40. The van der Waals surface area contributed by atoms with Gasteiger partial charge < -0.3 is 5.11 Å². The van der Waals surface area contributed by atoms with E-state index in [1.807, 2.05) is 12.1 Å². The van der Waals surface area contributed by atoms with Crippen molar-refractivity contribution in [1.29, 1.82) is 0 Å². The van der Waals surface area contributed by atoms with Gasteiger partial charge in [0.15, 0.2) is 0 Å². The van der Waals surface area contributed by atoms with Crippen molar-refractivity contribution in [2.24, 2.45) is 0 Å². The zero-order valence-electron chi connectivity index (χ0n) is 10.8. The SMILES string of the molecule is CCCC(C)N(C)Cc1ccc(C(=O)O)cc1. The van der Waals surface area contributed by atoms with Gasteiger partial charge in [-0.15, -0.1) is 0 Å². The van der Waals surface area contributed by atoms with Gasteiger partial charge in [0.1, 0.15) is 0 Å². The lowest BCUT2D eigenvalue weighted by molar-refractivity contribution is 0.0697. The van der Waals surface area contributed by atoms with Gasteiger partial charge in [-0.25, -0.2) is 4.79 Å². The number of carboxylic acids is 1. The van der Waals surface area contributed by atoms with Gasteiger partial charge in [-0.2, -0.15) is 0 Å². The van der Waals surface area contributed by atoms with E-state index in [-0.39, 0.29) is 0 Å². The van der Waals surface area contributed by atoms with E-state index in [4.69, 9.17) is 5.11 Å². The Bertz CT molecular complexity index is 359. The van der Waals surface area contributed by atoms with Crippen molar-refractivity contribution in [3.63, 3.8) is 0 Å². The normalized spacial score (nSPS) is 12.7. The molecule has 0 heterocycles. The Hall–Kier alpha value is -1.35. The summed E-state index contributed by atoms with van der Waals surface area (Å²) in [5.41, 5.74) is 1.50. The molecule has 0 saturated heterocycles. The van der Waals surface area contributed by atoms with E-state index in [2.05, 4.69) is 25.8 Å². The number of benzene rings is 1. The van der Waals surface area contributed by atoms with Gasteiger partial charge in [0.2, 0.25) is 0 Å². The quantitative estimate of drug-likeness (QED) is 0.824. The first kappa shape index (κ1) is 13.7. The number of hydrogen-bond acceptors (Lipinski definition) is 2. The minimum absolute atomic E-state index is 0.345. The lowest BCUT2D eigenvalue weighted by Gasteiger charge is -2.24. The van der Waals surface area contributed by atoms with Gasteiger partial charge in [-0.3, -0.25) is 4.90 Å². The largest absolute Gasteiger partial charge is 0.478 e. The van der Waals surface area contributed by atoms with Crippen molar-refractivity contribution in [3.05, 3.63) is 35.4 Å². The number of carbonyl (C=O) groups is 1. The van der Waals surface area contributed by atoms with Gasteiger partial charge in [-0.1, -0.05) is 25.5 Å². The third kappa shape index (κ3) is 4.19. The minimum Gasteiger partial charge on any atom is -0.478 e. The molecule has 0 fully saturated rings. The molecule has 0 spiro atoms. The van der Waals surface area contributed by atoms with Crippen LogP contribution in [0.25, 0.3) is 0 Å². The summed E-state index contributed by atoms with van der Waals surface area (Å²) >= 11 is 0. The van der Waals surface area contributed by atoms with Crippen LogP contribution in [0.4, 0.5) is 0 Å². The van der Waals surface area contributed by atoms with Gasteiger partial charge >= 0.3 is 5.97 Å². The van der Waals surface area contributed by atoms with E-state index in [1.54, 1.807) is 12.1 Å². The molecule has 0 aliphatic carbocycles. The Morgan fingerprint density at radius 2 is 1.94 bits per heavy atom. The molecule has 0 aliphatic heterocycles. The highest BCUT2D eigenvalue weighted by molar-refractivity contribution is 5.87. The molecule has 17 heavy (non-hydrogen) atoms. The van der Waals surface area contributed by atoms with Crippen molar-refractivity contribution in [1.82, 2.24) is 4.90 Å². The Morgan fingerprint density at radius 1 is 1.35 bits per heavy atom. The lowest BCUT2D eigenvalue weighted by Crippen LogP contribution is -2.28. The minimum atomic E-state index is -0.871. The van der Waals surface area contributed by atoms with Crippen molar-refractivity contribution < 1.29 is 9.90 Å². The zero-order chi connectivity index (χ0) is 12.8. The molecule has 1 aromatic rings. The van der Waals surface area contributed by atoms with Crippen LogP contribution in [0, 0.1) is 0 Å². The number of aromatic carboxylic acids is 1. The van der Waals surface area contributed by atoms with Crippen LogP contribution in [-0.2, 0) is 6.54 Å². The molecule has 1 rings (SSSR count). The van der Waals surface area contributed by atoms with E-state index in [9.17, 15) is 4.79 Å². The Balaban J connectivity index is 2.59. The molecule has 0 bridgehead atoms. The summed E-state index contributed by atoms with van der Waals surface area (Å²) in [6.45, 7) is 5.27. The predicted molar refractivity (Wildman–Crippen MR) is 69.2 cm³/mol. The maximum absolute atomic E-state index is 10.7. The van der Waals surface area contributed by atoms with Crippen molar-refractivity contribution in [2.45, 2.75) is 39.3 Å². The third-order valence-corrected chi connectivity index (χ3v) is 3.09. The highest BCUT2D eigenvalue weighted by Crippen LogP contribution is 2.11. The standard InChI is InChI=1S/C14H21NO2/c1-4-5-11(2)15(3)10-12-6-8-13(9-7-12)14(16)17/h6-9,11H,4-5,10H2,1-3H3,(H,16,17). The molecule has 1 N–H and O–H groups in total. The Kier molecular flexibility index (Phi) is 5.16. The summed E-state index contributed by atoms with van der Waals surface area (Å²) in [6, 6.07) is 7.66. The smallest absolute Gasteiger partial charge is 0.335 e. The molecule has 1 atom stereocenters. The molecule has 0 saturated carbocycles. The molecule has 0 radical (unpaired) electrons. The fourth-order valence-corrected chi connectivity index (χ4v) is 1.83. The van der Waals surface area contributed by atoms with E-state index in [0.29, 0.717) is 11.6 Å². The fraction of sp³-hybridized carbons (Fsp3) is 0.500. The highest BCUT2D eigenvalue weighted by atomic mass is 16.4. The molecule has 1 aromatic carbocycles. The third-order valence-electron chi connectivity index (χ3n) is 3.09. The van der Waals surface area contributed by atoms with Crippen LogP contribution >= 0.6 is 0 Å². The van der Waals surface area contributed by atoms with Crippen LogP contribution in [0.3, 0.4) is 0 Å². The number of carboxylic acid groups (broad SMARTS) is 1. The van der Waals surface area contributed by atoms with Gasteiger partial charge in [0.05, 0.1) is 5.56 Å². The summed E-state index contributed by atoms with van der Waals surface area (Å²) in [5.74, 6) is -0.871. The summed E-state index contributed by atoms with van der Waals surface area (Å²) in [5, 5.41) is 8.81. The first-order valence-electron chi connectivity index (χ1n) is 6.07. The van der Waals surface area contributed by atoms with Crippen molar-refractivity contribution in [2.75, 3.05) is 7.05 Å². The summed E-state index contributed by atoms with van der Waals surface area (Å²) < 4.78 is 0. The first-order chi connectivity index (χ1) is 8.04. The van der Waals surface area contributed by atoms with Crippen LogP contribution in [0.1, 0.15) is 42.6 Å². The number of rotatable bonds is 6. The Labute approximate surface area is 103 Å². The fourth-order valence-electron chi connectivity index (χ4n) is 1.83. The molecule has 0 amide bonds. The van der Waals surface area contributed by atoms with E-state index in [0.717, 1.165) is 12.1 Å². The maximum atomic E-state index is 10.7. The van der Waals surface area contributed by atoms with Gasteiger partial charge in [0.25, 0.3) is 0 Å². The maximum Gasteiger partial charge on any atom is 0.335 e. The van der Waals surface area contributed by atoms with Crippen LogP contribution in [0.5, 0.6) is 0 Å². The monoisotopic (exact) mass is 235 g/mol. The average molecular weight is 235 g/mol. The molecule has 1 unspecified atom stereocenters. The Morgan fingerprint density at radius 3 is 2.41 bits per heavy atom. The van der Waals surface area contributed by atoms with Crippen molar-refractivity contribution >= 4 is 5.97 Å². The molecular formula is C14H21NO2. The highest BCUT2D eigenvalue weighted by Gasteiger charge is 2.09. The molecule has 3 nitrogen and oxygen atoms in total.